The van der Waals surface area contributed by atoms with E-state index < -0.39 is 17.7 Å². The Kier molecular flexibility index (Phi) is 4.24. The highest BCUT2D eigenvalue weighted by Gasteiger charge is 2.34. The Labute approximate surface area is 131 Å². The minimum Gasteiger partial charge on any atom is -0.363 e. The van der Waals surface area contributed by atoms with Crippen molar-refractivity contribution in [3.8, 4) is 0 Å². The van der Waals surface area contributed by atoms with E-state index in [1.807, 2.05) is 11.9 Å². The molecule has 0 saturated carbocycles. The van der Waals surface area contributed by atoms with Gasteiger partial charge in [-0.15, -0.1) is 0 Å². The van der Waals surface area contributed by atoms with Gasteiger partial charge in [0.05, 0.1) is 12.1 Å². The average molecular weight is 322 g/mol. The quantitative estimate of drug-likeness (QED) is 0.911. The Bertz CT molecular complexity index is 693. The fourth-order valence-corrected chi connectivity index (χ4v) is 2.88. The molecule has 3 rings (SSSR count). The van der Waals surface area contributed by atoms with E-state index in [4.69, 9.17) is 0 Å². The molecule has 0 aliphatic carbocycles. The van der Waals surface area contributed by atoms with Crippen LogP contribution in [0.15, 0.2) is 35.1 Å². The Hall–Kier alpha value is -2.48. The fraction of sp³-hybridized carbons (Fsp3) is 0.333. The van der Waals surface area contributed by atoms with Crippen LogP contribution < -0.4 is 10.6 Å². The Morgan fingerprint density at radius 3 is 2.87 bits per heavy atom. The third kappa shape index (κ3) is 3.31. The minimum absolute atomic E-state index is 0.225. The summed E-state index contributed by atoms with van der Waals surface area (Å²) in [7, 11) is 1.88. The maximum Gasteiger partial charge on any atom is 0.320 e. The van der Waals surface area contributed by atoms with Crippen LogP contribution >= 0.6 is 0 Å². The number of hydrogen-bond acceptors (Lipinski definition) is 4. The van der Waals surface area contributed by atoms with Gasteiger partial charge in [-0.25, -0.2) is 13.6 Å². The summed E-state index contributed by atoms with van der Waals surface area (Å²) in [5.74, 6) is -1.48. The van der Waals surface area contributed by atoms with Gasteiger partial charge >= 0.3 is 6.03 Å². The van der Waals surface area contributed by atoms with E-state index in [0.29, 0.717) is 17.8 Å². The van der Waals surface area contributed by atoms with Gasteiger partial charge in [-0.3, -0.25) is 10.2 Å². The molecule has 1 aromatic carbocycles. The van der Waals surface area contributed by atoms with Gasteiger partial charge in [0.25, 0.3) is 0 Å². The molecule has 2 atom stereocenters. The highest BCUT2D eigenvalue weighted by molar-refractivity contribution is 5.88. The predicted octanol–water partition coefficient (Wildman–Crippen LogP) is 2.52. The summed E-state index contributed by atoms with van der Waals surface area (Å²) in [5, 5.41) is 8.98. The second-order valence-corrected chi connectivity index (χ2v) is 5.48. The first kappa shape index (κ1) is 15.4. The second-order valence-electron chi connectivity index (χ2n) is 5.48. The summed E-state index contributed by atoms with van der Waals surface area (Å²) < 4.78 is 31.2. The molecular formula is C15H16F2N4O2. The molecule has 23 heavy (non-hydrogen) atoms. The van der Waals surface area contributed by atoms with Gasteiger partial charge in [-0.05, 0) is 31.2 Å². The van der Waals surface area contributed by atoms with Gasteiger partial charge in [-0.2, -0.15) is 0 Å². The maximum absolute atomic E-state index is 13.5. The molecule has 1 aliphatic rings. The summed E-state index contributed by atoms with van der Waals surface area (Å²) in [5.41, 5.74) is 0.621. The molecule has 1 fully saturated rings. The van der Waals surface area contributed by atoms with Crippen LogP contribution in [0.3, 0.4) is 0 Å². The molecular weight excluding hydrogens is 306 g/mol. The molecule has 0 unspecified atom stereocenters. The molecule has 2 aromatic rings. The lowest BCUT2D eigenvalue weighted by atomic mass is 10.00. The molecule has 2 N–H and O–H groups in total. The number of halogens is 2. The summed E-state index contributed by atoms with van der Waals surface area (Å²) in [4.78, 5) is 14.0. The van der Waals surface area contributed by atoms with E-state index in [2.05, 4.69) is 20.3 Å². The Morgan fingerprint density at radius 1 is 1.35 bits per heavy atom. The summed E-state index contributed by atoms with van der Waals surface area (Å²) in [6.45, 7) is 0.735. The van der Waals surface area contributed by atoms with E-state index in [0.717, 1.165) is 12.6 Å². The van der Waals surface area contributed by atoms with Crippen molar-refractivity contribution in [3.63, 3.8) is 0 Å². The van der Waals surface area contributed by atoms with Crippen LogP contribution in [-0.4, -0.2) is 35.7 Å². The minimum atomic E-state index is -0.895. The fourth-order valence-electron chi connectivity index (χ4n) is 2.88. The SMILES string of the molecule is CN1CC[C@@H](NC(=O)Nc2ccon2)[C@@H]1c1ccc(F)c(F)c1. The lowest BCUT2D eigenvalue weighted by Gasteiger charge is -2.26. The van der Waals surface area contributed by atoms with Crippen LogP contribution in [0.5, 0.6) is 0 Å². The highest BCUT2D eigenvalue weighted by Crippen LogP contribution is 2.31. The Morgan fingerprint density at radius 2 is 2.17 bits per heavy atom. The number of likely N-dealkylation sites (N-methyl/N-ethyl adjacent to an activating group) is 1. The second kappa shape index (κ2) is 6.33. The first-order valence-electron chi connectivity index (χ1n) is 7.17. The molecule has 1 aromatic heterocycles. The van der Waals surface area contributed by atoms with Crippen LogP contribution in [0, 0.1) is 11.6 Å². The van der Waals surface area contributed by atoms with E-state index in [1.54, 1.807) is 0 Å². The van der Waals surface area contributed by atoms with E-state index in [9.17, 15) is 13.6 Å². The predicted molar refractivity (Wildman–Crippen MR) is 78.8 cm³/mol. The number of anilines is 1. The Balaban J connectivity index is 1.73. The summed E-state index contributed by atoms with van der Waals surface area (Å²) >= 11 is 0. The molecule has 8 heteroatoms. The number of carbonyl (C=O) groups is 1. The third-order valence-corrected chi connectivity index (χ3v) is 3.93. The zero-order valence-electron chi connectivity index (χ0n) is 12.4. The lowest BCUT2D eigenvalue weighted by molar-refractivity contribution is 0.240. The third-order valence-electron chi connectivity index (χ3n) is 3.93. The first-order chi connectivity index (χ1) is 11.0. The smallest absolute Gasteiger partial charge is 0.320 e. The van der Waals surface area contributed by atoms with Crippen molar-refractivity contribution < 1.29 is 18.1 Å². The number of rotatable bonds is 3. The first-order valence-corrected chi connectivity index (χ1v) is 7.17. The van der Waals surface area contributed by atoms with Crippen molar-refractivity contribution >= 4 is 11.8 Å². The molecule has 2 heterocycles. The number of benzene rings is 1. The van der Waals surface area contributed by atoms with Crippen molar-refractivity contribution in [1.29, 1.82) is 0 Å². The van der Waals surface area contributed by atoms with Crippen molar-refractivity contribution in [1.82, 2.24) is 15.4 Å². The zero-order valence-corrected chi connectivity index (χ0v) is 12.4. The largest absolute Gasteiger partial charge is 0.363 e. The average Bonchev–Trinajstić information content (AvgIpc) is 3.12. The van der Waals surface area contributed by atoms with Crippen LogP contribution in [0.1, 0.15) is 18.0 Å². The van der Waals surface area contributed by atoms with E-state index in [1.165, 1.54) is 24.5 Å². The number of nitrogens with zero attached hydrogens (tertiary/aromatic N) is 2. The molecule has 1 aliphatic heterocycles. The standard InChI is InChI=1S/C15H16F2N4O2/c1-21-6-4-12(18-15(22)19-13-5-7-23-20-13)14(21)9-2-3-10(16)11(17)8-9/h2-3,5,7-8,12,14H,4,6H2,1H3,(H2,18,19,20,22)/t12-,14+/m1/s1. The number of amides is 2. The monoisotopic (exact) mass is 322 g/mol. The van der Waals surface area contributed by atoms with Crippen LogP contribution in [0.2, 0.25) is 0 Å². The maximum atomic E-state index is 13.5. The molecule has 6 nitrogen and oxygen atoms in total. The van der Waals surface area contributed by atoms with Crippen molar-refractivity contribution in [2.75, 3.05) is 18.9 Å². The number of carbonyl (C=O) groups excluding carboxylic acids is 1. The van der Waals surface area contributed by atoms with Crippen molar-refractivity contribution in [2.24, 2.45) is 0 Å². The van der Waals surface area contributed by atoms with Crippen LogP contribution in [0.25, 0.3) is 0 Å². The summed E-state index contributed by atoms with van der Waals surface area (Å²) in [6.07, 6.45) is 2.05. The molecule has 0 spiro atoms. The number of urea groups is 1. The lowest BCUT2D eigenvalue weighted by Crippen LogP contribution is -2.41. The van der Waals surface area contributed by atoms with E-state index in [-0.39, 0.29) is 12.1 Å². The zero-order chi connectivity index (χ0) is 16.4. The normalized spacial score (nSPS) is 21.3. The molecule has 0 radical (unpaired) electrons. The number of likely N-dealkylation sites (tertiary alicyclic amines) is 1. The molecule has 2 amide bonds. The number of nitrogens with one attached hydrogen (secondary N) is 2. The van der Waals surface area contributed by atoms with Gasteiger partial charge in [0, 0.05) is 12.6 Å². The topological polar surface area (TPSA) is 70.4 Å². The van der Waals surface area contributed by atoms with Gasteiger partial charge in [0.1, 0.15) is 6.26 Å². The van der Waals surface area contributed by atoms with Gasteiger partial charge in [-0.1, -0.05) is 11.2 Å². The molecule has 1 saturated heterocycles. The van der Waals surface area contributed by atoms with Gasteiger partial charge in [0.2, 0.25) is 0 Å². The van der Waals surface area contributed by atoms with Crippen LogP contribution in [0.4, 0.5) is 19.4 Å². The van der Waals surface area contributed by atoms with Crippen LogP contribution in [-0.2, 0) is 0 Å². The highest BCUT2D eigenvalue weighted by atomic mass is 19.2. The van der Waals surface area contributed by atoms with Gasteiger partial charge < -0.3 is 9.84 Å². The summed E-state index contributed by atoms with van der Waals surface area (Å²) in [6, 6.07) is 4.45. The number of hydrogen-bond donors (Lipinski definition) is 2. The van der Waals surface area contributed by atoms with E-state index >= 15 is 0 Å². The van der Waals surface area contributed by atoms with Gasteiger partial charge in [0.15, 0.2) is 17.5 Å². The molecule has 0 bridgehead atoms. The number of aromatic nitrogens is 1. The molecule has 122 valence electrons. The van der Waals surface area contributed by atoms with Crippen molar-refractivity contribution in [3.05, 3.63) is 47.7 Å². The van der Waals surface area contributed by atoms with Crippen molar-refractivity contribution in [2.45, 2.75) is 18.5 Å².